The van der Waals surface area contributed by atoms with Gasteiger partial charge in [-0.05, 0) is 37.0 Å². The van der Waals surface area contributed by atoms with Gasteiger partial charge in [0.25, 0.3) is 0 Å². The summed E-state index contributed by atoms with van der Waals surface area (Å²) < 4.78 is 0. The Bertz CT molecular complexity index is 409. The number of nitrogens with one attached hydrogen (secondary N) is 1. The molecule has 2 heteroatoms. The zero-order valence-corrected chi connectivity index (χ0v) is 13.5. The van der Waals surface area contributed by atoms with E-state index in [0.717, 1.165) is 11.7 Å². The second-order valence-corrected chi connectivity index (χ2v) is 8.35. The number of imidazole rings is 1. The van der Waals surface area contributed by atoms with Gasteiger partial charge in [-0.25, -0.2) is 4.98 Å². The van der Waals surface area contributed by atoms with E-state index in [-0.39, 0.29) is 5.41 Å². The Labute approximate surface area is 118 Å². The maximum absolute atomic E-state index is 4.57. The van der Waals surface area contributed by atoms with Crippen LogP contribution in [0, 0.1) is 11.3 Å². The van der Waals surface area contributed by atoms with Crippen LogP contribution in [0.4, 0.5) is 0 Å². The van der Waals surface area contributed by atoms with Crippen LogP contribution in [0.25, 0.3) is 0 Å². The fraction of sp³-hybridized carbons (Fsp3) is 0.824. The molecule has 2 rings (SSSR count). The molecule has 0 spiro atoms. The summed E-state index contributed by atoms with van der Waals surface area (Å²) in [6.45, 7) is 13.8. The van der Waals surface area contributed by atoms with E-state index in [9.17, 15) is 0 Å². The van der Waals surface area contributed by atoms with Gasteiger partial charge in [0.05, 0.1) is 0 Å². The molecule has 1 saturated carbocycles. The monoisotopic (exact) mass is 262 g/mol. The summed E-state index contributed by atoms with van der Waals surface area (Å²) in [7, 11) is 0. The topological polar surface area (TPSA) is 28.7 Å². The highest BCUT2D eigenvalue weighted by Crippen LogP contribution is 2.42. The predicted molar refractivity (Wildman–Crippen MR) is 81.4 cm³/mol. The van der Waals surface area contributed by atoms with Crippen LogP contribution in [0.5, 0.6) is 0 Å². The van der Waals surface area contributed by atoms with E-state index in [2.05, 4.69) is 57.7 Å². The van der Waals surface area contributed by atoms with E-state index in [0.29, 0.717) is 11.3 Å². The maximum Gasteiger partial charge on any atom is 0.111 e. The molecule has 1 aromatic heterocycles. The van der Waals surface area contributed by atoms with E-state index < -0.39 is 0 Å². The number of aromatic nitrogens is 2. The molecule has 1 aliphatic rings. The molecule has 0 aromatic carbocycles. The first-order valence-corrected chi connectivity index (χ1v) is 7.73. The summed E-state index contributed by atoms with van der Waals surface area (Å²) in [4.78, 5) is 8.14. The molecule has 108 valence electrons. The van der Waals surface area contributed by atoms with Crippen LogP contribution in [0.2, 0.25) is 0 Å². The minimum Gasteiger partial charge on any atom is -0.345 e. The molecule has 1 heterocycles. The molecule has 0 radical (unpaired) electrons. The molecule has 1 aliphatic carbocycles. The summed E-state index contributed by atoms with van der Waals surface area (Å²) in [5, 5.41) is 0. The van der Waals surface area contributed by atoms with Crippen molar-refractivity contribution in [1.82, 2.24) is 9.97 Å². The Morgan fingerprint density at radius 2 is 1.58 bits per heavy atom. The van der Waals surface area contributed by atoms with E-state index in [1.54, 1.807) is 0 Å². The van der Waals surface area contributed by atoms with Gasteiger partial charge in [-0.15, -0.1) is 0 Å². The van der Waals surface area contributed by atoms with Crippen LogP contribution in [-0.2, 0) is 5.41 Å². The van der Waals surface area contributed by atoms with Gasteiger partial charge < -0.3 is 4.98 Å². The molecular formula is C17H30N2. The van der Waals surface area contributed by atoms with Crippen molar-refractivity contribution < 1.29 is 0 Å². The third kappa shape index (κ3) is 3.40. The van der Waals surface area contributed by atoms with Crippen molar-refractivity contribution in [3.63, 3.8) is 0 Å². The molecule has 19 heavy (non-hydrogen) atoms. The van der Waals surface area contributed by atoms with Crippen LogP contribution in [0.15, 0.2) is 6.20 Å². The van der Waals surface area contributed by atoms with Crippen molar-refractivity contribution >= 4 is 0 Å². The van der Waals surface area contributed by atoms with Crippen molar-refractivity contribution in [2.24, 2.45) is 11.3 Å². The highest BCUT2D eigenvalue weighted by molar-refractivity contribution is 5.13. The fourth-order valence-corrected chi connectivity index (χ4v) is 3.19. The van der Waals surface area contributed by atoms with Gasteiger partial charge in [0, 0.05) is 23.2 Å². The van der Waals surface area contributed by atoms with Gasteiger partial charge >= 0.3 is 0 Å². The maximum atomic E-state index is 4.57. The van der Waals surface area contributed by atoms with Crippen LogP contribution in [-0.4, -0.2) is 9.97 Å². The minimum absolute atomic E-state index is 0.126. The Kier molecular flexibility index (Phi) is 3.81. The van der Waals surface area contributed by atoms with E-state index >= 15 is 0 Å². The molecule has 0 unspecified atom stereocenters. The zero-order chi connectivity index (χ0) is 14.3. The second kappa shape index (κ2) is 4.96. The first-order chi connectivity index (χ1) is 8.68. The molecule has 2 nitrogen and oxygen atoms in total. The Morgan fingerprint density at radius 3 is 2.00 bits per heavy atom. The van der Waals surface area contributed by atoms with Crippen molar-refractivity contribution in [2.45, 2.75) is 78.6 Å². The van der Waals surface area contributed by atoms with Gasteiger partial charge in [-0.1, -0.05) is 41.5 Å². The highest BCUT2D eigenvalue weighted by Gasteiger charge is 2.31. The molecule has 0 saturated heterocycles. The number of nitrogens with zero attached hydrogens (tertiary/aromatic N) is 1. The van der Waals surface area contributed by atoms with E-state index in [1.807, 2.05) is 0 Å². The van der Waals surface area contributed by atoms with Crippen LogP contribution in [0.1, 0.15) is 84.7 Å². The second-order valence-electron chi connectivity index (χ2n) is 8.35. The summed E-state index contributed by atoms with van der Waals surface area (Å²) in [5.74, 6) is 2.71. The van der Waals surface area contributed by atoms with Gasteiger partial charge in [0.2, 0.25) is 0 Å². The van der Waals surface area contributed by atoms with Crippen LogP contribution < -0.4 is 0 Å². The smallest absolute Gasteiger partial charge is 0.111 e. The highest BCUT2D eigenvalue weighted by atomic mass is 14.9. The molecule has 0 amide bonds. The first kappa shape index (κ1) is 14.6. The van der Waals surface area contributed by atoms with Crippen molar-refractivity contribution in [2.75, 3.05) is 0 Å². The summed E-state index contributed by atoms with van der Waals surface area (Å²) in [6.07, 6.45) is 7.42. The van der Waals surface area contributed by atoms with E-state index in [4.69, 9.17) is 0 Å². The summed E-state index contributed by atoms with van der Waals surface area (Å²) >= 11 is 0. The Balaban J connectivity index is 2.00. The van der Waals surface area contributed by atoms with Gasteiger partial charge in [0.15, 0.2) is 0 Å². The van der Waals surface area contributed by atoms with E-state index in [1.165, 1.54) is 31.4 Å². The lowest BCUT2D eigenvalue weighted by Crippen LogP contribution is -2.25. The summed E-state index contributed by atoms with van der Waals surface area (Å²) in [6, 6.07) is 0. The first-order valence-electron chi connectivity index (χ1n) is 7.73. The molecular weight excluding hydrogens is 232 g/mol. The molecule has 0 aliphatic heterocycles. The average Bonchev–Trinajstić information content (AvgIpc) is 2.77. The lowest BCUT2D eigenvalue weighted by atomic mass is 9.69. The fourth-order valence-electron chi connectivity index (χ4n) is 3.19. The quantitative estimate of drug-likeness (QED) is 0.755. The number of hydrogen-bond donors (Lipinski definition) is 1. The number of hydrogen-bond acceptors (Lipinski definition) is 1. The lowest BCUT2D eigenvalue weighted by Gasteiger charge is -2.36. The van der Waals surface area contributed by atoms with Crippen LogP contribution in [0.3, 0.4) is 0 Å². The largest absolute Gasteiger partial charge is 0.345 e. The van der Waals surface area contributed by atoms with Crippen molar-refractivity contribution in [3.8, 4) is 0 Å². The number of rotatable bonds is 1. The Hall–Kier alpha value is -0.790. The number of aromatic amines is 1. The molecule has 1 N–H and O–H groups in total. The third-order valence-electron chi connectivity index (χ3n) is 4.70. The van der Waals surface area contributed by atoms with Crippen molar-refractivity contribution in [3.05, 3.63) is 17.7 Å². The average molecular weight is 262 g/mol. The summed E-state index contributed by atoms with van der Waals surface area (Å²) in [5.41, 5.74) is 1.95. The molecule has 0 bridgehead atoms. The van der Waals surface area contributed by atoms with Gasteiger partial charge in [0.1, 0.15) is 5.82 Å². The molecule has 0 atom stereocenters. The third-order valence-corrected chi connectivity index (χ3v) is 4.70. The van der Waals surface area contributed by atoms with Gasteiger partial charge in [-0.2, -0.15) is 0 Å². The standard InChI is InChI=1S/C17H30N2/c1-16(2,3)13-9-7-12(8-10-13)14-11-18-15(19-14)17(4,5)6/h11-13H,7-10H2,1-6H3,(H,18,19). The van der Waals surface area contributed by atoms with Crippen LogP contribution >= 0.6 is 0 Å². The van der Waals surface area contributed by atoms with Gasteiger partial charge in [-0.3, -0.25) is 0 Å². The zero-order valence-electron chi connectivity index (χ0n) is 13.5. The molecule has 1 fully saturated rings. The SMILES string of the molecule is CC(C)(C)c1ncc(C2CCC(C(C)(C)C)CC2)[nH]1. The lowest BCUT2D eigenvalue weighted by molar-refractivity contribution is 0.168. The number of H-pyrrole nitrogens is 1. The van der Waals surface area contributed by atoms with Crippen molar-refractivity contribution in [1.29, 1.82) is 0 Å². The molecule has 1 aromatic rings. The Morgan fingerprint density at radius 1 is 1.00 bits per heavy atom. The predicted octanol–water partition coefficient (Wildman–Crippen LogP) is 5.03. The minimum atomic E-state index is 0.126. The normalized spacial score (nSPS) is 25.6.